The van der Waals surface area contributed by atoms with E-state index in [0.717, 1.165) is 0 Å². The normalized spacial score (nSPS) is 22.9. The highest BCUT2D eigenvalue weighted by atomic mass is 32.2. The molecule has 1 atom stereocenters. The lowest BCUT2D eigenvalue weighted by Crippen LogP contribution is -2.49. The molecule has 5 nitrogen and oxygen atoms in total. The summed E-state index contributed by atoms with van der Waals surface area (Å²) >= 11 is 0. The van der Waals surface area contributed by atoms with Crippen LogP contribution >= 0.6 is 0 Å². The highest BCUT2D eigenvalue weighted by Gasteiger charge is 2.27. The molecule has 13 heavy (non-hydrogen) atoms. The Bertz CT molecular complexity index is 246. The lowest BCUT2D eigenvalue weighted by molar-refractivity contribution is 0.0305. The number of nitrogens with zero attached hydrogens (tertiary/aromatic N) is 1. The molecule has 1 unspecified atom stereocenters. The molecule has 0 spiro atoms. The van der Waals surface area contributed by atoms with Gasteiger partial charge in [0.1, 0.15) is 5.37 Å². The summed E-state index contributed by atoms with van der Waals surface area (Å²) < 4.78 is 27.4. The van der Waals surface area contributed by atoms with E-state index >= 15 is 0 Å². The van der Waals surface area contributed by atoms with Crippen molar-refractivity contribution in [1.82, 2.24) is 4.90 Å². The van der Waals surface area contributed by atoms with Gasteiger partial charge in [-0.05, 0) is 6.42 Å². The van der Waals surface area contributed by atoms with Gasteiger partial charge >= 0.3 is 0 Å². The molecular weight excluding hydrogens is 192 g/mol. The van der Waals surface area contributed by atoms with Gasteiger partial charge in [-0.2, -0.15) is 0 Å². The van der Waals surface area contributed by atoms with Crippen molar-refractivity contribution in [3.05, 3.63) is 0 Å². The van der Waals surface area contributed by atoms with Crippen molar-refractivity contribution in [1.29, 1.82) is 0 Å². The Morgan fingerprint density at radius 1 is 1.46 bits per heavy atom. The zero-order valence-corrected chi connectivity index (χ0v) is 8.59. The van der Waals surface area contributed by atoms with Gasteiger partial charge in [-0.3, -0.25) is 4.90 Å². The van der Waals surface area contributed by atoms with Crippen LogP contribution in [0.15, 0.2) is 0 Å². The summed E-state index contributed by atoms with van der Waals surface area (Å²) in [5.41, 5.74) is 0. The number of nitrogens with two attached hydrogens (primary N) is 1. The molecule has 0 aromatic rings. The molecule has 1 rings (SSSR count). The Morgan fingerprint density at radius 2 is 2.00 bits per heavy atom. The van der Waals surface area contributed by atoms with Crippen molar-refractivity contribution >= 4 is 10.0 Å². The summed E-state index contributed by atoms with van der Waals surface area (Å²) in [7, 11) is -3.44. The first-order chi connectivity index (χ1) is 6.05. The molecule has 0 bridgehead atoms. The maximum absolute atomic E-state index is 11.2. The van der Waals surface area contributed by atoms with E-state index < -0.39 is 15.4 Å². The van der Waals surface area contributed by atoms with E-state index in [9.17, 15) is 8.42 Å². The number of ether oxygens (including phenoxy) is 1. The molecule has 1 fully saturated rings. The molecule has 0 saturated carbocycles. The highest BCUT2D eigenvalue weighted by Crippen LogP contribution is 2.10. The fourth-order valence-electron chi connectivity index (χ4n) is 1.56. The maximum Gasteiger partial charge on any atom is 0.225 e. The predicted molar refractivity (Wildman–Crippen MR) is 49.6 cm³/mol. The number of morpholine rings is 1. The maximum atomic E-state index is 11.2. The molecule has 0 aliphatic carbocycles. The van der Waals surface area contributed by atoms with Crippen LogP contribution in [0.25, 0.3) is 0 Å². The number of primary sulfonamides is 1. The third kappa shape index (κ3) is 2.91. The smallest absolute Gasteiger partial charge is 0.225 e. The lowest BCUT2D eigenvalue weighted by Gasteiger charge is -2.32. The van der Waals surface area contributed by atoms with Crippen LogP contribution in [0.5, 0.6) is 0 Å². The Labute approximate surface area is 78.9 Å². The van der Waals surface area contributed by atoms with Crippen LogP contribution in [0.3, 0.4) is 0 Å². The van der Waals surface area contributed by atoms with Gasteiger partial charge in [0, 0.05) is 13.1 Å². The van der Waals surface area contributed by atoms with Crippen LogP contribution in [0.2, 0.25) is 0 Å². The third-order valence-corrected chi connectivity index (χ3v) is 3.57. The van der Waals surface area contributed by atoms with Gasteiger partial charge < -0.3 is 4.74 Å². The van der Waals surface area contributed by atoms with Crippen LogP contribution in [0.4, 0.5) is 0 Å². The third-order valence-electron chi connectivity index (χ3n) is 2.18. The van der Waals surface area contributed by atoms with Crippen molar-refractivity contribution in [2.24, 2.45) is 5.14 Å². The second-order valence-electron chi connectivity index (χ2n) is 3.10. The van der Waals surface area contributed by atoms with E-state index in [1.807, 2.05) is 11.8 Å². The Kier molecular flexibility index (Phi) is 3.66. The molecule has 1 aliphatic heterocycles. The first kappa shape index (κ1) is 10.9. The van der Waals surface area contributed by atoms with Crippen molar-refractivity contribution in [3.63, 3.8) is 0 Å². The summed E-state index contributed by atoms with van der Waals surface area (Å²) in [5.74, 6) is 0. The zero-order chi connectivity index (χ0) is 9.90. The van der Waals surface area contributed by atoms with E-state index in [0.29, 0.717) is 32.7 Å². The van der Waals surface area contributed by atoms with Crippen molar-refractivity contribution in [2.75, 3.05) is 26.3 Å². The molecule has 0 aromatic carbocycles. The molecule has 0 radical (unpaired) electrons. The quantitative estimate of drug-likeness (QED) is 0.668. The standard InChI is InChI=1S/C7H16N2O3S/c1-2-7(13(8,10)11)9-3-5-12-6-4-9/h7H,2-6H2,1H3,(H2,8,10,11). The van der Waals surface area contributed by atoms with Crippen molar-refractivity contribution in [2.45, 2.75) is 18.7 Å². The average molecular weight is 208 g/mol. The highest BCUT2D eigenvalue weighted by molar-refractivity contribution is 7.89. The van der Waals surface area contributed by atoms with E-state index in [2.05, 4.69) is 0 Å². The number of rotatable bonds is 3. The zero-order valence-electron chi connectivity index (χ0n) is 7.77. The molecular formula is C7H16N2O3S. The Balaban J connectivity index is 2.65. The topological polar surface area (TPSA) is 72.6 Å². The second kappa shape index (κ2) is 4.36. The largest absolute Gasteiger partial charge is 0.379 e. The van der Waals surface area contributed by atoms with E-state index in [4.69, 9.17) is 9.88 Å². The first-order valence-corrected chi connectivity index (χ1v) is 6.00. The van der Waals surface area contributed by atoms with E-state index in [-0.39, 0.29) is 0 Å². The van der Waals surface area contributed by atoms with Gasteiger partial charge in [-0.15, -0.1) is 0 Å². The molecule has 2 N–H and O–H groups in total. The average Bonchev–Trinajstić information content (AvgIpc) is 2.05. The number of sulfonamides is 1. The molecule has 6 heteroatoms. The van der Waals surface area contributed by atoms with Gasteiger partial charge in [0.2, 0.25) is 10.0 Å². The Hall–Kier alpha value is -0.170. The molecule has 1 heterocycles. The van der Waals surface area contributed by atoms with Gasteiger partial charge in [-0.1, -0.05) is 6.92 Å². The summed E-state index contributed by atoms with van der Waals surface area (Å²) in [5, 5.41) is 4.57. The summed E-state index contributed by atoms with van der Waals surface area (Å²) in [6.45, 7) is 4.30. The number of hydrogen-bond acceptors (Lipinski definition) is 4. The van der Waals surface area contributed by atoms with Crippen LogP contribution < -0.4 is 5.14 Å². The fraction of sp³-hybridized carbons (Fsp3) is 1.00. The number of hydrogen-bond donors (Lipinski definition) is 1. The minimum atomic E-state index is -3.44. The monoisotopic (exact) mass is 208 g/mol. The summed E-state index contributed by atoms with van der Waals surface area (Å²) in [4.78, 5) is 1.86. The molecule has 0 amide bonds. The fourth-order valence-corrected chi connectivity index (χ4v) is 2.65. The van der Waals surface area contributed by atoms with Gasteiger partial charge in [0.15, 0.2) is 0 Å². The van der Waals surface area contributed by atoms with Crippen LogP contribution in [0, 0.1) is 0 Å². The van der Waals surface area contributed by atoms with Crippen LogP contribution in [-0.4, -0.2) is 45.0 Å². The van der Waals surface area contributed by atoms with Gasteiger partial charge in [0.05, 0.1) is 13.2 Å². The van der Waals surface area contributed by atoms with E-state index in [1.54, 1.807) is 0 Å². The van der Waals surface area contributed by atoms with Crippen molar-refractivity contribution in [3.8, 4) is 0 Å². The van der Waals surface area contributed by atoms with Gasteiger partial charge in [-0.25, -0.2) is 13.6 Å². The molecule has 1 saturated heterocycles. The van der Waals surface area contributed by atoms with Crippen LogP contribution in [0.1, 0.15) is 13.3 Å². The predicted octanol–water partition coefficient (Wildman–Crippen LogP) is -0.657. The lowest BCUT2D eigenvalue weighted by atomic mass is 10.3. The molecule has 0 aromatic heterocycles. The van der Waals surface area contributed by atoms with E-state index in [1.165, 1.54) is 0 Å². The summed E-state index contributed by atoms with van der Waals surface area (Å²) in [6, 6.07) is 0. The van der Waals surface area contributed by atoms with Crippen LogP contribution in [-0.2, 0) is 14.8 Å². The van der Waals surface area contributed by atoms with Gasteiger partial charge in [0.25, 0.3) is 0 Å². The molecule has 78 valence electrons. The summed E-state index contributed by atoms with van der Waals surface area (Å²) in [6.07, 6.45) is 0.527. The minimum absolute atomic E-state index is 0.527. The first-order valence-electron chi connectivity index (χ1n) is 4.39. The second-order valence-corrected chi connectivity index (χ2v) is 4.82. The SMILES string of the molecule is CCC(N1CCOCC1)S(N)(=O)=O. The Morgan fingerprint density at radius 3 is 2.38 bits per heavy atom. The van der Waals surface area contributed by atoms with Crippen molar-refractivity contribution < 1.29 is 13.2 Å². The minimum Gasteiger partial charge on any atom is -0.379 e. The molecule has 1 aliphatic rings.